The minimum absolute atomic E-state index is 0.186. The Morgan fingerprint density at radius 2 is 1.47 bits per heavy atom. The highest BCUT2D eigenvalue weighted by Gasteiger charge is 2.02. The van der Waals surface area contributed by atoms with Crippen LogP contribution in [0.3, 0.4) is 0 Å². The molecule has 0 aromatic rings. The second-order valence-corrected chi connectivity index (χ2v) is 5.94. The molecule has 0 aromatic heterocycles. The molecule has 0 rings (SSSR count). The highest BCUT2D eigenvalue weighted by atomic mass is 28.2. The van der Waals surface area contributed by atoms with Crippen molar-refractivity contribution in [1.82, 2.24) is 4.90 Å². The van der Waals surface area contributed by atoms with Gasteiger partial charge in [-0.05, 0) is 44.9 Å². The van der Waals surface area contributed by atoms with Gasteiger partial charge in [0.05, 0.1) is 0 Å². The molecule has 0 radical (unpaired) electrons. The standard InChI is InChI=1S/C12H29NOSi/c1-4-6-9-13(10-7-5-2)11-8-12-15-14-3/h4-12,15H2,1-3H3. The van der Waals surface area contributed by atoms with Gasteiger partial charge in [0, 0.05) is 7.11 Å². The summed E-state index contributed by atoms with van der Waals surface area (Å²) in [5.41, 5.74) is 0. The van der Waals surface area contributed by atoms with E-state index in [4.69, 9.17) is 4.43 Å². The van der Waals surface area contributed by atoms with Gasteiger partial charge in [0.1, 0.15) is 0 Å². The van der Waals surface area contributed by atoms with E-state index in [0.717, 1.165) is 0 Å². The molecule has 92 valence electrons. The Balaban J connectivity index is 3.49. The van der Waals surface area contributed by atoms with Gasteiger partial charge in [0.25, 0.3) is 0 Å². The number of hydrogen-bond acceptors (Lipinski definition) is 2. The van der Waals surface area contributed by atoms with Gasteiger partial charge in [0.2, 0.25) is 0 Å². The summed E-state index contributed by atoms with van der Waals surface area (Å²) in [6.07, 6.45) is 6.68. The molecular formula is C12H29NOSi. The molecule has 0 spiro atoms. The molecule has 0 aliphatic carbocycles. The molecule has 3 heteroatoms. The summed E-state index contributed by atoms with van der Waals surface area (Å²) >= 11 is 0. The zero-order valence-corrected chi connectivity index (χ0v) is 12.3. The van der Waals surface area contributed by atoms with Crippen molar-refractivity contribution in [3.05, 3.63) is 0 Å². The minimum atomic E-state index is -0.186. The fraction of sp³-hybridized carbons (Fsp3) is 1.00. The van der Waals surface area contributed by atoms with E-state index in [1.54, 1.807) is 0 Å². The first-order valence-electron chi connectivity index (χ1n) is 6.56. The maximum absolute atomic E-state index is 5.21. The quantitative estimate of drug-likeness (QED) is 0.400. The molecule has 0 saturated heterocycles. The summed E-state index contributed by atoms with van der Waals surface area (Å²) in [4.78, 5) is 2.64. The van der Waals surface area contributed by atoms with Crippen molar-refractivity contribution < 1.29 is 4.43 Å². The van der Waals surface area contributed by atoms with Gasteiger partial charge >= 0.3 is 0 Å². The summed E-state index contributed by atoms with van der Waals surface area (Å²) in [6, 6.07) is 1.34. The SMILES string of the molecule is CCCCN(CCCC)CCC[SiH2]OC. The van der Waals surface area contributed by atoms with Gasteiger partial charge in [0.15, 0.2) is 9.76 Å². The lowest BCUT2D eigenvalue weighted by atomic mass is 10.2. The van der Waals surface area contributed by atoms with Gasteiger partial charge in [-0.3, -0.25) is 0 Å². The van der Waals surface area contributed by atoms with Crippen molar-refractivity contribution in [2.75, 3.05) is 26.7 Å². The average Bonchev–Trinajstić information content (AvgIpc) is 2.27. The lowest BCUT2D eigenvalue weighted by molar-refractivity contribution is 0.265. The third-order valence-electron chi connectivity index (χ3n) is 2.73. The molecule has 2 nitrogen and oxygen atoms in total. The maximum Gasteiger partial charge on any atom is 0.161 e. The van der Waals surface area contributed by atoms with Crippen molar-refractivity contribution >= 4 is 9.76 Å². The first-order chi connectivity index (χ1) is 7.35. The summed E-state index contributed by atoms with van der Waals surface area (Å²) in [5.74, 6) is 0. The molecule has 0 aliphatic heterocycles. The number of unbranched alkanes of at least 4 members (excludes halogenated alkanes) is 2. The van der Waals surface area contributed by atoms with Gasteiger partial charge in [-0.2, -0.15) is 0 Å². The van der Waals surface area contributed by atoms with E-state index in [1.807, 2.05) is 7.11 Å². The first-order valence-corrected chi connectivity index (χ1v) is 8.14. The summed E-state index contributed by atoms with van der Waals surface area (Å²) in [5, 5.41) is 0. The van der Waals surface area contributed by atoms with Crippen LogP contribution in [-0.2, 0) is 4.43 Å². The van der Waals surface area contributed by atoms with E-state index in [0.29, 0.717) is 0 Å². The van der Waals surface area contributed by atoms with Crippen LogP contribution in [0.2, 0.25) is 6.04 Å². The number of rotatable bonds is 11. The molecule has 0 aromatic carbocycles. The smallest absolute Gasteiger partial charge is 0.161 e. The highest BCUT2D eigenvalue weighted by molar-refractivity contribution is 6.26. The number of hydrogen-bond donors (Lipinski definition) is 0. The predicted molar refractivity (Wildman–Crippen MR) is 71.2 cm³/mol. The van der Waals surface area contributed by atoms with E-state index in [1.165, 1.54) is 57.8 Å². The van der Waals surface area contributed by atoms with Crippen LogP contribution in [0.15, 0.2) is 0 Å². The average molecular weight is 231 g/mol. The molecule has 0 heterocycles. The molecule has 0 bridgehead atoms. The van der Waals surface area contributed by atoms with Crippen LogP contribution < -0.4 is 0 Å². The van der Waals surface area contributed by atoms with Crippen LogP contribution in [0.25, 0.3) is 0 Å². The molecule has 0 saturated carbocycles. The van der Waals surface area contributed by atoms with Crippen LogP contribution in [0.4, 0.5) is 0 Å². The Kier molecular flexibility index (Phi) is 12.3. The zero-order chi connectivity index (χ0) is 11.4. The predicted octanol–water partition coefficient (Wildman–Crippen LogP) is 2.43. The highest BCUT2D eigenvalue weighted by Crippen LogP contribution is 2.02. The van der Waals surface area contributed by atoms with E-state index >= 15 is 0 Å². The van der Waals surface area contributed by atoms with Crippen LogP contribution in [-0.4, -0.2) is 41.4 Å². The van der Waals surface area contributed by atoms with Crippen molar-refractivity contribution in [1.29, 1.82) is 0 Å². The third kappa shape index (κ3) is 10.4. The van der Waals surface area contributed by atoms with Gasteiger partial charge in [-0.15, -0.1) is 0 Å². The monoisotopic (exact) mass is 231 g/mol. The van der Waals surface area contributed by atoms with Crippen LogP contribution in [0.5, 0.6) is 0 Å². The molecule has 0 N–H and O–H groups in total. The third-order valence-corrected chi connectivity index (χ3v) is 3.93. The molecule has 0 unspecified atom stereocenters. The van der Waals surface area contributed by atoms with Crippen molar-refractivity contribution in [2.24, 2.45) is 0 Å². The topological polar surface area (TPSA) is 12.5 Å². The lowest BCUT2D eigenvalue weighted by Gasteiger charge is -2.21. The normalized spacial score (nSPS) is 12.0. The van der Waals surface area contributed by atoms with Gasteiger partial charge < -0.3 is 9.33 Å². The van der Waals surface area contributed by atoms with Crippen molar-refractivity contribution in [3.8, 4) is 0 Å². The van der Waals surface area contributed by atoms with Crippen molar-refractivity contribution in [2.45, 2.75) is 52.0 Å². The van der Waals surface area contributed by atoms with Crippen LogP contribution in [0, 0.1) is 0 Å². The fourth-order valence-corrected chi connectivity index (χ4v) is 2.40. The Morgan fingerprint density at radius 3 is 1.93 bits per heavy atom. The molecule has 0 atom stereocenters. The Labute approximate surface area is 98.3 Å². The van der Waals surface area contributed by atoms with E-state index in [-0.39, 0.29) is 9.76 Å². The molecule has 0 aliphatic rings. The lowest BCUT2D eigenvalue weighted by Crippen LogP contribution is -2.27. The Morgan fingerprint density at radius 1 is 0.933 bits per heavy atom. The second-order valence-electron chi connectivity index (χ2n) is 4.25. The fourth-order valence-electron chi connectivity index (χ4n) is 1.68. The maximum atomic E-state index is 5.21. The largest absolute Gasteiger partial charge is 0.427 e. The van der Waals surface area contributed by atoms with E-state index in [2.05, 4.69) is 18.7 Å². The van der Waals surface area contributed by atoms with Crippen LogP contribution in [0.1, 0.15) is 46.0 Å². The minimum Gasteiger partial charge on any atom is -0.427 e. The van der Waals surface area contributed by atoms with Gasteiger partial charge in [-0.1, -0.05) is 26.7 Å². The first kappa shape index (κ1) is 15.1. The molecule has 0 fully saturated rings. The Bertz CT molecular complexity index is 114. The zero-order valence-electron chi connectivity index (χ0n) is 10.9. The van der Waals surface area contributed by atoms with Crippen LogP contribution >= 0.6 is 0 Å². The molecular weight excluding hydrogens is 202 g/mol. The number of nitrogens with zero attached hydrogens (tertiary/aromatic N) is 1. The van der Waals surface area contributed by atoms with Gasteiger partial charge in [-0.25, -0.2) is 0 Å². The van der Waals surface area contributed by atoms with Crippen molar-refractivity contribution in [3.63, 3.8) is 0 Å². The van der Waals surface area contributed by atoms with E-state index in [9.17, 15) is 0 Å². The molecule has 15 heavy (non-hydrogen) atoms. The molecule has 0 amide bonds. The second kappa shape index (κ2) is 12.2. The summed E-state index contributed by atoms with van der Waals surface area (Å²) in [6.45, 7) is 8.43. The summed E-state index contributed by atoms with van der Waals surface area (Å²) in [7, 11) is 1.66. The summed E-state index contributed by atoms with van der Waals surface area (Å²) < 4.78 is 5.21. The Hall–Kier alpha value is 0.137. The van der Waals surface area contributed by atoms with E-state index < -0.39 is 0 Å².